The summed E-state index contributed by atoms with van der Waals surface area (Å²) in [5, 5.41) is 7.26. The van der Waals surface area contributed by atoms with Gasteiger partial charge in [0, 0.05) is 35.8 Å². The molecule has 7 nitrogen and oxygen atoms in total. The Morgan fingerprint density at radius 2 is 2.13 bits per heavy atom. The third-order valence-electron chi connectivity index (χ3n) is 6.22. The first-order valence-corrected chi connectivity index (χ1v) is 10.8. The molecule has 1 fully saturated rings. The van der Waals surface area contributed by atoms with E-state index in [0.29, 0.717) is 37.3 Å². The number of ether oxygens (including phenoxy) is 1. The summed E-state index contributed by atoms with van der Waals surface area (Å²) in [6, 6.07) is 13.4. The maximum Gasteiger partial charge on any atom is 0.263 e. The van der Waals surface area contributed by atoms with E-state index in [0.717, 1.165) is 41.8 Å². The summed E-state index contributed by atoms with van der Waals surface area (Å²) in [5.74, 6) is 1.13. The minimum absolute atomic E-state index is 0.193. The molecule has 7 heteroatoms. The number of aromatic nitrogens is 2. The van der Waals surface area contributed by atoms with E-state index in [1.54, 1.807) is 10.6 Å². The molecule has 4 heterocycles. The van der Waals surface area contributed by atoms with Gasteiger partial charge in [-0.1, -0.05) is 18.2 Å². The molecule has 2 bridgehead atoms. The smallest absolute Gasteiger partial charge is 0.263 e. The van der Waals surface area contributed by atoms with Gasteiger partial charge in [0.1, 0.15) is 23.4 Å². The third kappa shape index (κ3) is 3.81. The molecule has 3 aromatic rings. The van der Waals surface area contributed by atoms with Gasteiger partial charge in [-0.2, -0.15) is 0 Å². The molecule has 0 saturated carbocycles. The largest absolute Gasteiger partial charge is 0.489 e. The molecule has 1 amide bonds. The van der Waals surface area contributed by atoms with E-state index in [1.807, 2.05) is 43.3 Å². The molecule has 1 aromatic carbocycles. The van der Waals surface area contributed by atoms with Gasteiger partial charge in [0.15, 0.2) is 0 Å². The van der Waals surface area contributed by atoms with Crippen molar-refractivity contribution in [1.82, 2.24) is 20.2 Å². The van der Waals surface area contributed by atoms with Crippen LogP contribution in [0.2, 0.25) is 0 Å². The van der Waals surface area contributed by atoms with Crippen LogP contribution in [0.25, 0.3) is 10.9 Å². The van der Waals surface area contributed by atoms with Crippen molar-refractivity contribution >= 4 is 16.8 Å². The number of benzene rings is 1. The van der Waals surface area contributed by atoms with Crippen LogP contribution in [-0.4, -0.2) is 41.7 Å². The molecular weight excluding hydrogens is 392 g/mol. The van der Waals surface area contributed by atoms with E-state index in [-0.39, 0.29) is 17.0 Å². The van der Waals surface area contributed by atoms with Crippen molar-refractivity contribution in [2.24, 2.45) is 5.92 Å². The van der Waals surface area contributed by atoms with Crippen LogP contribution in [-0.2, 0) is 6.54 Å². The maximum atomic E-state index is 13.0. The number of nitrogens with zero attached hydrogens (tertiary/aromatic N) is 2. The second-order valence-corrected chi connectivity index (χ2v) is 8.43. The summed E-state index contributed by atoms with van der Waals surface area (Å²) in [6.45, 7) is 5.03. The number of fused-ring (bicyclic) bond motifs is 5. The Bertz CT molecular complexity index is 1200. The molecule has 2 atom stereocenters. The number of para-hydroxylation sites is 1. The highest BCUT2D eigenvalue weighted by atomic mass is 16.5. The first-order chi connectivity index (χ1) is 15.1. The predicted octanol–water partition coefficient (Wildman–Crippen LogP) is 2.22. The van der Waals surface area contributed by atoms with Gasteiger partial charge in [-0.15, -0.1) is 0 Å². The van der Waals surface area contributed by atoms with Gasteiger partial charge < -0.3 is 19.9 Å². The number of hydrogen-bond acceptors (Lipinski definition) is 5. The van der Waals surface area contributed by atoms with Crippen LogP contribution in [0.5, 0.6) is 5.75 Å². The lowest BCUT2D eigenvalue weighted by molar-refractivity contribution is 0.0944. The number of nitrogens with one attached hydrogen (secondary N) is 2. The van der Waals surface area contributed by atoms with Gasteiger partial charge in [0.25, 0.3) is 11.5 Å². The standard InChI is InChI=1S/C24H26N4O3/c1-15-5-6-17-3-2-4-21(22(17)27-15)31-10-9-26-23(29)19-7-8-20-18-11-16(12-25-13-18)14-28(20)24(19)30/h2-8,16,18,25H,9-14H2,1H3,(H,26,29)/t16-,18+/m0/s1. The van der Waals surface area contributed by atoms with Gasteiger partial charge in [0.05, 0.1) is 6.54 Å². The van der Waals surface area contributed by atoms with E-state index in [9.17, 15) is 9.59 Å². The molecular formula is C24H26N4O3. The van der Waals surface area contributed by atoms with Crippen molar-refractivity contribution in [3.8, 4) is 5.75 Å². The molecule has 0 radical (unpaired) electrons. The number of pyridine rings is 2. The summed E-state index contributed by atoms with van der Waals surface area (Å²) >= 11 is 0. The fourth-order valence-electron chi connectivity index (χ4n) is 4.72. The minimum atomic E-state index is -0.357. The molecule has 160 valence electrons. The van der Waals surface area contributed by atoms with E-state index in [4.69, 9.17) is 4.74 Å². The Kier molecular flexibility index (Phi) is 5.19. The monoisotopic (exact) mass is 418 g/mol. The first kappa shape index (κ1) is 19.8. The predicted molar refractivity (Wildman–Crippen MR) is 119 cm³/mol. The molecule has 5 rings (SSSR count). The number of rotatable bonds is 5. The number of aryl methyl sites for hydroxylation is 1. The Morgan fingerprint density at radius 3 is 3.03 bits per heavy atom. The number of hydrogen-bond donors (Lipinski definition) is 2. The van der Waals surface area contributed by atoms with Crippen molar-refractivity contribution in [2.45, 2.75) is 25.8 Å². The molecule has 1 saturated heterocycles. The zero-order valence-corrected chi connectivity index (χ0v) is 17.6. The van der Waals surface area contributed by atoms with Gasteiger partial charge in [-0.3, -0.25) is 9.59 Å². The Labute approximate surface area is 180 Å². The van der Waals surface area contributed by atoms with Crippen LogP contribution in [0.4, 0.5) is 0 Å². The minimum Gasteiger partial charge on any atom is -0.489 e. The van der Waals surface area contributed by atoms with Crippen molar-refractivity contribution < 1.29 is 9.53 Å². The summed E-state index contributed by atoms with van der Waals surface area (Å²) in [4.78, 5) is 30.2. The zero-order valence-electron chi connectivity index (χ0n) is 17.6. The number of amides is 1. The molecule has 0 unspecified atom stereocenters. The fourth-order valence-corrected chi connectivity index (χ4v) is 4.72. The van der Waals surface area contributed by atoms with E-state index < -0.39 is 0 Å². The summed E-state index contributed by atoms with van der Waals surface area (Å²) in [5.41, 5.74) is 2.76. The number of carbonyl (C=O) groups excluding carboxylic acids is 1. The van der Waals surface area contributed by atoms with E-state index in [1.165, 1.54) is 0 Å². The van der Waals surface area contributed by atoms with Gasteiger partial charge in [-0.05, 0) is 50.1 Å². The van der Waals surface area contributed by atoms with Crippen LogP contribution in [0, 0.1) is 12.8 Å². The molecule has 2 aromatic heterocycles. The van der Waals surface area contributed by atoms with Crippen molar-refractivity contribution in [3.05, 3.63) is 69.8 Å². The zero-order chi connectivity index (χ0) is 21.4. The van der Waals surface area contributed by atoms with Gasteiger partial charge in [0.2, 0.25) is 0 Å². The summed E-state index contributed by atoms with van der Waals surface area (Å²) in [7, 11) is 0. The van der Waals surface area contributed by atoms with Crippen LogP contribution >= 0.6 is 0 Å². The molecule has 2 aliphatic heterocycles. The van der Waals surface area contributed by atoms with Crippen LogP contribution in [0.3, 0.4) is 0 Å². The average Bonchev–Trinajstić information content (AvgIpc) is 2.77. The topological polar surface area (TPSA) is 85.2 Å². The lowest BCUT2D eigenvalue weighted by Crippen LogP contribution is -2.46. The quantitative estimate of drug-likeness (QED) is 0.621. The molecule has 2 aliphatic rings. The lowest BCUT2D eigenvalue weighted by Gasteiger charge is -2.37. The molecule has 31 heavy (non-hydrogen) atoms. The third-order valence-corrected chi connectivity index (χ3v) is 6.22. The average molecular weight is 418 g/mol. The van der Waals surface area contributed by atoms with E-state index >= 15 is 0 Å². The van der Waals surface area contributed by atoms with Crippen LogP contribution in [0.15, 0.2) is 47.3 Å². The fraction of sp³-hybridized carbons (Fsp3) is 0.375. The molecule has 2 N–H and O–H groups in total. The van der Waals surface area contributed by atoms with Crippen molar-refractivity contribution in [1.29, 1.82) is 0 Å². The maximum absolute atomic E-state index is 13.0. The van der Waals surface area contributed by atoms with E-state index in [2.05, 4.69) is 15.6 Å². The normalized spacial score (nSPS) is 19.6. The van der Waals surface area contributed by atoms with Crippen LogP contribution < -0.4 is 20.9 Å². The highest BCUT2D eigenvalue weighted by Gasteiger charge is 2.31. The molecule has 0 spiro atoms. The first-order valence-electron chi connectivity index (χ1n) is 10.8. The number of carbonyl (C=O) groups is 1. The summed E-state index contributed by atoms with van der Waals surface area (Å²) < 4.78 is 7.66. The van der Waals surface area contributed by atoms with Crippen LogP contribution in [0.1, 0.15) is 34.1 Å². The summed E-state index contributed by atoms with van der Waals surface area (Å²) in [6.07, 6.45) is 1.11. The van der Waals surface area contributed by atoms with Crippen molar-refractivity contribution in [3.63, 3.8) is 0 Å². The van der Waals surface area contributed by atoms with Gasteiger partial charge in [-0.25, -0.2) is 4.98 Å². The lowest BCUT2D eigenvalue weighted by atomic mass is 9.84. The Morgan fingerprint density at radius 1 is 1.23 bits per heavy atom. The second-order valence-electron chi connectivity index (χ2n) is 8.43. The highest BCUT2D eigenvalue weighted by molar-refractivity contribution is 5.93. The molecule has 0 aliphatic carbocycles. The SMILES string of the molecule is Cc1ccc2cccc(OCCNC(=O)c3ccc4n(c3=O)C[C@@H]3CNC[C@H]4C3)c2n1. The Balaban J connectivity index is 1.24. The van der Waals surface area contributed by atoms with Gasteiger partial charge >= 0.3 is 0 Å². The highest BCUT2D eigenvalue weighted by Crippen LogP contribution is 2.31. The second kappa shape index (κ2) is 8.15. The Hall–Kier alpha value is -3.19. The number of piperidine rings is 1. The van der Waals surface area contributed by atoms with Crippen molar-refractivity contribution in [2.75, 3.05) is 26.2 Å².